The number of rotatable bonds is 53. The summed E-state index contributed by atoms with van der Waals surface area (Å²) in [5.41, 5.74) is 0. The topological polar surface area (TPSA) is 78.9 Å². The van der Waals surface area contributed by atoms with Gasteiger partial charge in [-0.15, -0.1) is 0 Å². The third-order valence-corrected chi connectivity index (χ3v) is 12.3. The summed E-state index contributed by atoms with van der Waals surface area (Å²) in [6.45, 7) is 6.29. The predicted molar refractivity (Wildman–Crippen MR) is 325 cm³/mol. The van der Waals surface area contributed by atoms with Crippen molar-refractivity contribution >= 4 is 17.9 Å². The maximum Gasteiger partial charge on any atom is 0.306 e. The number of carbonyl (C=O) groups is 3. The Hall–Kier alpha value is -4.71. The van der Waals surface area contributed by atoms with Crippen molar-refractivity contribution < 1.29 is 28.6 Å². The largest absolute Gasteiger partial charge is 0.462 e. The van der Waals surface area contributed by atoms with E-state index >= 15 is 0 Å². The lowest BCUT2D eigenvalue weighted by Crippen LogP contribution is -2.30. The minimum absolute atomic E-state index is 0.136. The molecule has 0 aromatic carbocycles. The van der Waals surface area contributed by atoms with Crippen LogP contribution in [0.25, 0.3) is 0 Å². The summed E-state index contributed by atoms with van der Waals surface area (Å²) in [6, 6.07) is 0. The van der Waals surface area contributed by atoms with Gasteiger partial charge in [0.1, 0.15) is 13.2 Å². The minimum Gasteiger partial charge on any atom is -0.462 e. The molecule has 0 amide bonds. The normalized spacial score (nSPS) is 13.2. The van der Waals surface area contributed by atoms with Gasteiger partial charge in [-0.2, -0.15) is 0 Å². The number of ether oxygens (including phenoxy) is 3. The zero-order valence-corrected chi connectivity index (χ0v) is 48.3. The van der Waals surface area contributed by atoms with Crippen LogP contribution in [0.2, 0.25) is 0 Å². The third-order valence-electron chi connectivity index (χ3n) is 12.3. The van der Waals surface area contributed by atoms with Gasteiger partial charge < -0.3 is 14.2 Å². The van der Waals surface area contributed by atoms with E-state index in [0.29, 0.717) is 19.3 Å². The van der Waals surface area contributed by atoms with Crippen LogP contribution in [0.15, 0.2) is 146 Å². The van der Waals surface area contributed by atoms with E-state index in [1.54, 1.807) is 0 Å². The summed E-state index contributed by atoms with van der Waals surface area (Å²) < 4.78 is 16.8. The summed E-state index contributed by atoms with van der Waals surface area (Å²) in [5.74, 6) is -1.08. The quantitative estimate of drug-likeness (QED) is 0.0261. The molecular formula is C69H110O6. The molecule has 0 aromatic heterocycles. The summed E-state index contributed by atoms with van der Waals surface area (Å²) in [4.78, 5) is 38.2. The van der Waals surface area contributed by atoms with Crippen molar-refractivity contribution in [1.29, 1.82) is 0 Å². The average molecular weight is 1040 g/mol. The fraction of sp³-hybridized carbons (Fsp3) is 0.609. The highest BCUT2D eigenvalue weighted by Crippen LogP contribution is 2.15. The lowest BCUT2D eigenvalue weighted by molar-refractivity contribution is -0.166. The highest BCUT2D eigenvalue weighted by atomic mass is 16.6. The molecule has 75 heavy (non-hydrogen) atoms. The van der Waals surface area contributed by atoms with Gasteiger partial charge in [0.2, 0.25) is 0 Å². The van der Waals surface area contributed by atoms with Crippen molar-refractivity contribution in [1.82, 2.24) is 0 Å². The number of hydrogen-bond donors (Lipinski definition) is 0. The first-order valence-electron chi connectivity index (χ1n) is 30.3. The van der Waals surface area contributed by atoms with Crippen LogP contribution in [0, 0.1) is 0 Å². The van der Waals surface area contributed by atoms with Crippen molar-refractivity contribution in [2.45, 2.75) is 258 Å². The Kier molecular flexibility index (Phi) is 58.0. The van der Waals surface area contributed by atoms with Crippen LogP contribution in [-0.2, 0) is 28.6 Å². The third kappa shape index (κ3) is 60.0. The smallest absolute Gasteiger partial charge is 0.306 e. The zero-order chi connectivity index (χ0) is 54.3. The molecule has 0 saturated heterocycles. The van der Waals surface area contributed by atoms with Gasteiger partial charge in [0.15, 0.2) is 6.10 Å². The van der Waals surface area contributed by atoms with Gasteiger partial charge in [-0.1, -0.05) is 256 Å². The van der Waals surface area contributed by atoms with Gasteiger partial charge in [-0.3, -0.25) is 14.4 Å². The number of carbonyl (C=O) groups excluding carboxylic acids is 3. The molecule has 6 nitrogen and oxygen atoms in total. The molecule has 422 valence electrons. The van der Waals surface area contributed by atoms with E-state index in [0.717, 1.165) is 96.3 Å². The van der Waals surface area contributed by atoms with Gasteiger partial charge in [0.25, 0.3) is 0 Å². The Morgan fingerprint density at radius 3 is 0.947 bits per heavy atom. The van der Waals surface area contributed by atoms with Crippen LogP contribution in [0.1, 0.15) is 252 Å². The second-order valence-corrected chi connectivity index (χ2v) is 19.5. The van der Waals surface area contributed by atoms with Crippen molar-refractivity contribution in [3.05, 3.63) is 146 Å². The molecule has 0 spiro atoms. The molecule has 0 radical (unpaired) electrons. The van der Waals surface area contributed by atoms with E-state index in [9.17, 15) is 14.4 Å². The van der Waals surface area contributed by atoms with Crippen molar-refractivity contribution in [3.8, 4) is 0 Å². The fourth-order valence-corrected chi connectivity index (χ4v) is 7.85. The predicted octanol–water partition coefficient (Wildman–Crippen LogP) is 20.8. The highest BCUT2D eigenvalue weighted by molar-refractivity contribution is 5.71. The number of unbranched alkanes of at least 4 members (excludes halogenated alkanes) is 18. The van der Waals surface area contributed by atoms with E-state index in [2.05, 4.69) is 154 Å². The SMILES string of the molecule is CC/C=C\C/C=C\C/C=C\C/C=C\C/C=C\C/C=C\CCC(=O)OC[C@H](COC(=O)CCC/C=C\C/C=C\C/C=C\C/C=C\C/C=C\CC)OC(=O)CCCCCCCCCCCCC/C=C\CCCCCCCC. The first kappa shape index (κ1) is 70.3. The molecule has 0 aromatic rings. The first-order chi connectivity index (χ1) is 37.0. The standard InChI is InChI=1S/C69H110O6/c1-4-7-10-13-16-19-22-25-28-31-33-34-36-39-42-45-48-51-54-57-60-63-69(72)75-66(64-73-67(70)61-58-55-52-49-46-43-40-37-30-27-24-21-18-15-12-9-6-3)65-74-68(71)62-59-56-53-50-47-44-41-38-35-32-29-26-23-20-17-14-11-8-5-2/h8-9,11-12,17-18,20-21,25-30,35,38,40,43-44,47,49,52-53,56,66H,4-7,10,13-16,19,22-24,31-34,36-37,39,41-42,45-46,48,50-51,54-55,57-65H2,1-3H3/b11-8-,12-9-,20-17-,21-18-,28-25-,29-26-,30-27-,38-35-,43-40-,47-44-,52-49-,56-53-/t66-/m0/s1. The van der Waals surface area contributed by atoms with E-state index in [1.165, 1.54) is 103 Å². The Balaban J connectivity index is 4.57. The zero-order valence-electron chi connectivity index (χ0n) is 48.3. The molecule has 6 heteroatoms. The highest BCUT2D eigenvalue weighted by Gasteiger charge is 2.19. The first-order valence-corrected chi connectivity index (χ1v) is 30.3. The van der Waals surface area contributed by atoms with E-state index < -0.39 is 6.10 Å². The average Bonchev–Trinajstić information content (AvgIpc) is 3.41. The molecule has 1 atom stereocenters. The monoisotopic (exact) mass is 1030 g/mol. The summed E-state index contributed by atoms with van der Waals surface area (Å²) in [6.07, 6.45) is 88.6. The summed E-state index contributed by atoms with van der Waals surface area (Å²) >= 11 is 0. The van der Waals surface area contributed by atoms with Crippen LogP contribution < -0.4 is 0 Å². The van der Waals surface area contributed by atoms with Crippen LogP contribution in [0.4, 0.5) is 0 Å². The number of esters is 3. The van der Waals surface area contributed by atoms with Crippen LogP contribution in [-0.4, -0.2) is 37.2 Å². The molecule has 0 bridgehead atoms. The Morgan fingerprint density at radius 2 is 0.560 bits per heavy atom. The molecule has 0 heterocycles. The number of hydrogen-bond acceptors (Lipinski definition) is 6. The molecule has 0 aliphatic carbocycles. The Morgan fingerprint density at radius 1 is 0.280 bits per heavy atom. The molecule has 0 fully saturated rings. The number of allylic oxidation sites excluding steroid dienone is 24. The van der Waals surface area contributed by atoms with Crippen molar-refractivity contribution in [2.24, 2.45) is 0 Å². The lowest BCUT2D eigenvalue weighted by Gasteiger charge is -2.18. The van der Waals surface area contributed by atoms with E-state index in [1.807, 2.05) is 12.2 Å². The maximum absolute atomic E-state index is 12.9. The lowest BCUT2D eigenvalue weighted by atomic mass is 10.0. The van der Waals surface area contributed by atoms with Gasteiger partial charge in [-0.05, 0) is 122 Å². The molecule has 0 rings (SSSR count). The molecular weight excluding hydrogens is 925 g/mol. The van der Waals surface area contributed by atoms with Crippen molar-refractivity contribution in [3.63, 3.8) is 0 Å². The molecule has 0 aliphatic rings. The maximum atomic E-state index is 12.9. The fourth-order valence-electron chi connectivity index (χ4n) is 7.85. The molecule has 0 unspecified atom stereocenters. The molecule has 0 aliphatic heterocycles. The summed E-state index contributed by atoms with van der Waals surface area (Å²) in [5, 5.41) is 0. The van der Waals surface area contributed by atoms with Crippen molar-refractivity contribution in [2.75, 3.05) is 13.2 Å². The van der Waals surface area contributed by atoms with Crippen LogP contribution in [0.5, 0.6) is 0 Å². The Labute approximate surface area is 461 Å². The molecule has 0 saturated carbocycles. The van der Waals surface area contributed by atoms with Gasteiger partial charge in [-0.25, -0.2) is 0 Å². The summed E-state index contributed by atoms with van der Waals surface area (Å²) in [7, 11) is 0. The van der Waals surface area contributed by atoms with Gasteiger partial charge >= 0.3 is 17.9 Å². The van der Waals surface area contributed by atoms with Gasteiger partial charge in [0, 0.05) is 19.3 Å². The van der Waals surface area contributed by atoms with Crippen LogP contribution in [0.3, 0.4) is 0 Å². The second-order valence-electron chi connectivity index (χ2n) is 19.5. The van der Waals surface area contributed by atoms with E-state index in [-0.39, 0.29) is 44.0 Å². The van der Waals surface area contributed by atoms with Crippen LogP contribution >= 0.6 is 0 Å². The Bertz CT molecular complexity index is 1660. The van der Waals surface area contributed by atoms with E-state index in [4.69, 9.17) is 14.2 Å². The van der Waals surface area contributed by atoms with Gasteiger partial charge in [0.05, 0.1) is 0 Å². The minimum atomic E-state index is -0.839. The second kappa shape index (κ2) is 61.8. The molecule has 0 N–H and O–H groups in total.